The summed E-state index contributed by atoms with van der Waals surface area (Å²) in [5.74, 6) is -1.24. The maximum Gasteiger partial charge on any atom is 0.119 e. The average molecular weight is 174 g/mol. The van der Waals surface area contributed by atoms with Gasteiger partial charge in [0.05, 0.1) is 0 Å². The molecule has 0 aromatic heterocycles. The lowest BCUT2D eigenvalue weighted by atomic mass is 10.2. The van der Waals surface area contributed by atoms with Crippen LogP contribution < -0.4 is 0 Å². The molecule has 0 aliphatic rings. The summed E-state index contributed by atoms with van der Waals surface area (Å²) in [7, 11) is 0. The summed E-state index contributed by atoms with van der Waals surface area (Å²) >= 11 is 0. The highest BCUT2D eigenvalue weighted by Crippen LogP contribution is 2.15. The molecule has 2 heteroatoms. The molecule has 0 saturated carbocycles. The van der Waals surface area contributed by atoms with E-state index >= 15 is 0 Å². The van der Waals surface area contributed by atoms with E-state index in [0.29, 0.717) is 6.42 Å². The Kier molecular flexibility index (Phi) is 9.31. The van der Waals surface area contributed by atoms with Gasteiger partial charge in [0.25, 0.3) is 0 Å². The monoisotopic (exact) mass is 174 g/mol. The van der Waals surface area contributed by atoms with Gasteiger partial charge in [-0.1, -0.05) is 33.9 Å². The summed E-state index contributed by atoms with van der Waals surface area (Å²) in [5.41, 5.74) is 0.257. The van der Waals surface area contributed by atoms with Crippen molar-refractivity contribution in [2.24, 2.45) is 0 Å². The summed E-state index contributed by atoms with van der Waals surface area (Å²) in [6.45, 7) is 11.7. The first-order valence-corrected chi connectivity index (χ1v) is 3.97. The van der Waals surface area contributed by atoms with E-state index in [1.807, 2.05) is 13.8 Å². The Morgan fingerprint density at radius 3 is 1.75 bits per heavy atom. The van der Waals surface area contributed by atoms with Gasteiger partial charge < -0.3 is 0 Å². The van der Waals surface area contributed by atoms with E-state index in [9.17, 15) is 8.78 Å². The molecule has 0 heterocycles. The molecule has 0 spiro atoms. The molecule has 0 saturated heterocycles. The maximum atomic E-state index is 12.3. The Hall–Kier alpha value is -0.920. The summed E-state index contributed by atoms with van der Waals surface area (Å²) in [5, 5.41) is 0. The molecule has 0 amide bonds. The van der Waals surface area contributed by atoms with Gasteiger partial charge in [0.2, 0.25) is 0 Å². The molecular formula is C10H16F2. The van der Waals surface area contributed by atoms with Crippen molar-refractivity contribution in [1.29, 1.82) is 0 Å². The second kappa shape index (κ2) is 8.18. The van der Waals surface area contributed by atoms with E-state index in [1.165, 1.54) is 0 Å². The minimum atomic E-state index is -0.643. The highest BCUT2D eigenvalue weighted by Gasteiger charge is 1.98. The van der Waals surface area contributed by atoms with Crippen molar-refractivity contribution in [3.05, 3.63) is 36.5 Å². The maximum absolute atomic E-state index is 12.3. The lowest BCUT2D eigenvalue weighted by Gasteiger charge is -1.96. The third-order valence-corrected chi connectivity index (χ3v) is 1.06. The van der Waals surface area contributed by atoms with E-state index < -0.39 is 11.7 Å². The predicted molar refractivity (Wildman–Crippen MR) is 50.2 cm³/mol. The Morgan fingerprint density at radius 1 is 1.25 bits per heavy atom. The molecule has 12 heavy (non-hydrogen) atoms. The van der Waals surface area contributed by atoms with Crippen molar-refractivity contribution in [3.8, 4) is 0 Å². The topological polar surface area (TPSA) is 0 Å². The van der Waals surface area contributed by atoms with Crippen LogP contribution in [0.3, 0.4) is 0 Å². The molecule has 0 unspecified atom stereocenters. The molecule has 0 bridgehead atoms. The smallest absolute Gasteiger partial charge is 0.119 e. The Bertz CT molecular complexity index is 178. The third-order valence-electron chi connectivity index (χ3n) is 1.06. The van der Waals surface area contributed by atoms with Gasteiger partial charge in [0, 0.05) is 0 Å². The summed E-state index contributed by atoms with van der Waals surface area (Å²) < 4.78 is 24.3. The van der Waals surface area contributed by atoms with Crippen molar-refractivity contribution in [2.45, 2.75) is 27.2 Å². The Balaban J connectivity index is 0. The lowest BCUT2D eigenvalue weighted by Crippen LogP contribution is -1.79. The van der Waals surface area contributed by atoms with Crippen LogP contribution in [0.5, 0.6) is 0 Å². The van der Waals surface area contributed by atoms with Gasteiger partial charge in [-0.25, -0.2) is 8.78 Å². The van der Waals surface area contributed by atoms with E-state index in [4.69, 9.17) is 0 Å². The molecule has 0 atom stereocenters. The molecule has 0 nitrogen and oxygen atoms in total. The van der Waals surface area contributed by atoms with Gasteiger partial charge in [-0.3, -0.25) is 0 Å². The molecule has 0 aromatic rings. The number of allylic oxidation sites excluding steroid dienone is 4. The standard InChI is InChI=1S/C8H10F2.C2H6/c1-4-8(7(3)10)5-6(2)9;1-2/h5H,2-4H2,1H3;1-2H3/b8-5-;. The summed E-state index contributed by atoms with van der Waals surface area (Å²) in [6, 6.07) is 0. The number of hydrogen-bond donors (Lipinski definition) is 0. The minimum absolute atomic E-state index is 0.257. The normalized spacial score (nSPS) is 9.92. The highest BCUT2D eigenvalue weighted by molar-refractivity contribution is 5.27. The molecule has 70 valence electrons. The van der Waals surface area contributed by atoms with Crippen molar-refractivity contribution >= 4 is 0 Å². The van der Waals surface area contributed by atoms with Crippen molar-refractivity contribution < 1.29 is 8.78 Å². The van der Waals surface area contributed by atoms with Crippen LogP contribution in [0.25, 0.3) is 0 Å². The zero-order valence-electron chi connectivity index (χ0n) is 7.95. The van der Waals surface area contributed by atoms with Crippen LogP contribution in [-0.2, 0) is 0 Å². The minimum Gasteiger partial charge on any atom is -0.208 e. The van der Waals surface area contributed by atoms with E-state index in [0.717, 1.165) is 6.08 Å². The van der Waals surface area contributed by atoms with Crippen LogP contribution in [0.4, 0.5) is 8.78 Å². The van der Waals surface area contributed by atoms with Crippen LogP contribution in [0.15, 0.2) is 36.5 Å². The summed E-state index contributed by atoms with van der Waals surface area (Å²) in [6.07, 6.45) is 1.47. The molecule has 0 fully saturated rings. The van der Waals surface area contributed by atoms with Gasteiger partial charge in [-0.05, 0) is 18.1 Å². The molecule has 0 N–H and O–H groups in total. The fraction of sp³-hybridized carbons (Fsp3) is 0.400. The van der Waals surface area contributed by atoms with Gasteiger partial charge in [-0.2, -0.15) is 0 Å². The van der Waals surface area contributed by atoms with Crippen LogP contribution in [-0.4, -0.2) is 0 Å². The third kappa shape index (κ3) is 7.19. The first-order chi connectivity index (χ1) is 5.57. The van der Waals surface area contributed by atoms with Gasteiger partial charge in [0.1, 0.15) is 11.7 Å². The quantitative estimate of drug-likeness (QED) is 0.559. The fourth-order valence-corrected chi connectivity index (χ4v) is 0.561. The van der Waals surface area contributed by atoms with E-state index in [-0.39, 0.29) is 5.57 Å². The second-order valence-corrected chi connectivity index (χ2v) is 1.87. The van der Waals surface area contributed by atoms with E-state index in [1.54, 1.807) is 6.92 Å². The van der Waals surface area contributed by atoms with Crippen LogP contribution >= 0.6 is 0 Å². The van der Waals surface area contributed by atoms with Crippen LogP contribution in [0.2, 0.25) is 0 Å². The van der Waals surface area contributed by atoms with Crippen molar-refractivity contribution in [1.82, 2.24) is 0 Å². The molecule has 0 aliphatic carbocycles. The highest BCUT2D eigenvalue weighted by atomic mass is 19.1. The lowest BCUT2D eigenvalue weighted by molar-refractivity contribution is 0.636. The van der Waals surface area contributed by atoms with Gasteiger partial charge in [0.15, 0.2) is 0 Å². The first-order valence-electron chi connectivity index (χ1n) is 3.97. The average Bonchev–Trinajstić information content (AvgIpc) is 2.03. The van der Waals surface area contributed by atoms with E-state index in [2.05, 4.69) is 13.2 Å². The zero-order chi connectivity index (χ0) is 10.1. The second-order valence-electron chi connectivity index (χ2n) is 1.87. The SMILES string of the molecule is C=C(F)/C=C(/CC)C(=C)F.CC. The fourth-order valence-electron chi connectivity index (χ4n) is 0.561. The summed E-state index contributed by atoms with van der Waals surface area (Å²) in [4.78, 5) is 0. The van der Waals surface area contributed by atoms with Crippen LogP contribution in [0.1, 0.15) is 27.2 Å². The van der Waals surface area contributed by atoms with Crippen molar-refractivity contribution in [3.63, 3.8) is 0 Å². The molecule has 0 aromatic carbocycles. The number of rotatable bonds is 3. The molecular weight excluding hydrogens is 158 g/mol. The molecule has 0 rings (SSSR count). The predicted octanol–water partition coefficient (Wildman–Crippen LogP) is 4.32. The Morgan fingerprint density at radius 2 is 1.67 bits per heavy atom. The Labute approximate surface area is 73.3 Å². The zero-order valence-corrected chi connectivity index (χ0v) is 7.95. The van der Waals surface area contributed by atoms with Crippen molar-refractivity contribution in [2.75, 3.05) is 0 Å². The number of halogens is 2. The van der Waals surface area contributed by atoms with Crippen LogP contribution in [0, 0.1) is 0 Å². The van der Waals surface area contributed by atoms with Gasteiger partial charge >= 0.3 is 0 Å². The molecule has 0 radical (unpaired) electrons. The molecule has 0 aliphatic heterocycles. The largest absolute Gasteiger partial charge is 0.208 e. The number of hydrogen-bond acceptors (Lipinski definition) is 0. The van der Waals surface area contributed by atoms with Gasteiger partial charge in [-0.15, -0.1) is 0 Å². The first kappa shape index (κ1) is 13.7.